The molecule has 82 valence electrons. The summed E-state index contributed by atoms with van der Waals surface area (Å²) in [5, 5.41) is 0.814. The minimum atomic E-state index is 0.570. The first-order valence-electron chi connectivity index (χ1n) is 5.43. The number of nitrogens with two attached hydrogens (primary N) is 1. The molecule has 3 heteroatoms. The lowest BCUT2D eigenvalue weighted by Gasteiger charge is -2.36. The second-order valence-electron chi connectivity index (χ2n) is 4.15. The largest absolute Gasteiger partial charge is 0.371 e. The second kappa shape index (κ2) is 4.42. The molecule has 2 N–H and O–H groups in total. The third-order valence-electron chi connectivity index (χ3n) is 3.22. The summed E-state index contributed by atoms with van der Waals surface area (Å²) in [6.07, 6.45) is 3.40. The van der Waals surface area contributed by atoms with Crippen LogP contribution in [0.25, 0.3) is 0 Å². The van der Waals surface area contributed by atoms with E-state index in [0.717, 1.165) is 24.4 Å². The minimum absolute atomic E-state index is 0.570. The number of rotatable bonds is 2. The van der Waals surface area contributed by atoms with E-state index < -0.39 is 0 Å². The molecular formula is C12H17ClN2. The molecule has 0 saturated carbocycles. The lowest BCUT2D eigenvalue weighted by Crippen LogP contribution is -2.37. The molecule has 0 bridgehead atoms. The van der Waals surface area contributed by atoms with E-state index in [9.17, 15) is 0 Å². The van der Waals surface area contributed by atoms with Crippen molar-refractivity contribution < 1.29 is 0 Å². The lowest BCUT2D eigenvalue weighted by molar-refractivity contribution is 0.527. The predicted octanol–water partition coefficient (Wildman–Crippen LogP) is 2.44. The summed E-state index contributed by atoms with van der Waals surface area (Å²) in [4.78, 5) is 2.32. The minimum Gasteiger partial charge on any atom is -0.371 e. The Hall–Kier alpha value is -0.730. The van der Waals surface area contributed by atoms with Gasteiger partial charge in [0, 0.05) is 23.8 Å². The van der Waals surface area contributed by atoms with Crippen molar-refractivity contribution in [3.8, 4) is 0 Å². The van der Waals surface area contributed by atoms with Crippen molar-refractivity contribution in [2.75, 3.05) is 18.5 Å². The van der Waals surface area contributed by atoms with E-state index in [-0.39, 0.29) is 0 Å². The van der Waals surface area contributed by atoms with Crippen LogP contribution >= 0.6 is 11.6 Å². The SMILES string of the molecule is CN1c2cc(Cl)ccc2CCC1CCN. The standard InChI is InChI=1S/C12H17ClN2/c1-15-11(6-7-14)5-3-9-2-4-10(13)8-12(9)15/h2,4,8,11H,3,5-7,14H2,1H3. The van der Waals surface area contributed by atoms with Crippen LogP contribution in [0.3, 0.4) is 0 Å². The van der Waals surface area contributed by atoms with Gasteiger partial charge in [0.2, 0.25) is 0 Å². The maximum absolute atomic E-state index is 6.02. The Balaban J connectivity index is 2.28. The molecule has 0 saturated heterocycles. The first-order chi connectivity index (χ1) is 7.22. The zero-order valence-corrected chi connectivity index (χ0v) is 9.80. The molecule has 1 aromatic carbocycles. The zero-order chi connectivity index (χ0) is 10.8. The van der Waals surface area contributed by atoms with Crippen LogP contribution in [0, 0.1) is 0 Å². The summed E-state index contributed by atoms with van der Waals surface area (Å²) in [6, 6.07) is 6.73. The average Bonchev–Trinajstić information content (AvgIpc) is 2.23. The van der Waals surface area contributed by atoms with Crippen LogP contribution < -0.4 is 10.6 Å². The first kappa shape index (κ1) is 10.8. The molecule has 15 heavy (non-hydrogen) atoms. The Labute approximate surface area is 96.0 Å². The van der Waals surface area contributed by atoms with Gasteiger partial charge in [-0.25, -0.2) is 0 Å². The van der Waals surface area contributed by atoms with E-state index >= 15 is 0 Å². The highest BCUT2D eigenvalue weighted by Crippen LogP contribution is 2.32. The summed E-state index contributed by atoms with van der Waals surface area (Å²) in [7, 11) is 2.13. The smallest absolute Gasteiger partial charge is 0.0426 e. The molecule has 0 amide bonds. The summed E-state index contributed by atoms with van der Waals surface area (Å²) in [5.74, 6) is 0. The highest BCUT2D eigenvalue weighted by molar-refractivity contribution is 6.30. The third kappa shape index (κ3) is 2.11. The van der Waals surface area contributed by atoms with Crippen LogP contribution in [-0.4, -0.2) is 19.6 Å². The van der Waals surface area contributed by atoms with Crippen LogP contribution in [0.15, 0.2) is 18.2 Å². The molecule has 1 atom stereocenters. The number of nitrogens with zero attached hydrogens (tertiary/aromatic N) is 1. The Morgan fingerprint density at radius 3 is 3.07 bits per heavy atom. The maximum atomic E-state index is 6.02. The van der Waals surface area contributed by atoms with Gasteiger partial charge in [-0.05, 0) is 43.5 Å². The number of halogens is 1. The molecule has 0 aromatic heterocycles. The molecule has 0 spiro atoms. The van der Waals surface area contributed by atoms with Gasteiger partial charge in [0.25, 0.3) is 0 Å². The Morgan fingerprint density at radius 2 is 2.33 bits per heavy atom. The van der Waals surface area contributed by atoms with Gasteiger partial charge in [0.05, 0.1) is 0 Å². The molecule has 2 nitrogen and oxygen atoms in total. The Bertz CT molecular complexity index is 351. The van der Waals surface area contributed by atoms with Crippen molar-refractivity contribution >= 4 is 17.3 Å². The summed E-state index contributed by atoms with van der Waals surface area (Å²) in [5.41, 5.74) is 8.29. The van der Waals surface area contributed by atoms with Crippen molar-refractivity contribution in [2.45, 2.75) is 25.3 Å². The molecule has 0 radical (unpaired) electrons. The van der Waals surface area contributed by atoms with E-state index in [4.69, 9.17) is 17.3 Å². The molecule has 2 rings (SSSR count). The molecule has 0 fully saturated rings. The van der Waals surface area contributed by atoms with Gasteiger partial charge in [-0.1, -0.05) is 17.7 Å². The number of benzene rings is 1. The highest BCUT2D eigenvalue weighted by atomic mass is 35.5. The molecule has 1 heterocycles. The number of hydrogen-bond donors (Lipinski definition) is 1. The van der Waals surface area contributed by atoms with Gasteiger partial charge < -0.3 is 10.6 Å². The zero-order valence-electron chi connectivity index (χ0n) is 9.04. The van der Waals surface area contributed by atoms with Crippen LogP contribution in [0.4, 0.5) is 5.69 Å². The average molecular weight is 225 g/mol. The van der Waals surface area contributed by atoms with Gasteiger partial charge >= 0.3 is 0 Å². The summed E-state index contributed by atoms with van der Waals surface area (Å²) in [6.45, 7) is 0.755. The van der Waals surface area contributed by atoms with E-state index in [1.165, 1.54) is 17.7 Å². The third-order valence-corrected chi connectivity index (χ3v) is 3.46. The second-order valence-corrected chi connectivity index (χ2v) is 4.59. The molecule has 1 aromatic rings. The van der Waals surface area contributed by atoms with Crippen molar-refractivity contribution in [1.29, 1.82) is 0 Å². The molecular weight excluding hydrogens is 208 g/mol. The van der Waals surface area contributed by atoms with Crippen LogP contribution in [0.1, 0.15) is 18.4 Å². The van der Waals surface area contributed by atoms with E-state index in [2.05, 4.69) is 24.1 Å². The van der Waals surface area contributed by atoms with Crippen molar-refractivity contribution in [2.24, 2.45) is 5.73 Å². The van der Waals surface area contributed by atoms with Crippen LogP contribution in [-0.2, 0) is 6.42 Å². The van der Waals surface area contributed by atoms with Gasteiger partial charge in [-0.15, -0.1) is 0 Å². The summed E-state index contributed by atoms with van der Waals surface area (Å²) < 4.78 is 0. The maximum Gasteiger partial charge on any atom is 0.0426 e. The topological polar surface area (TPSA) is 29.3 Å². The number of aryl methyl sites for hydroxylation is 1. The lowest BCUT2D eigenvalue weighted by atomic mass is 9.94. The first-order valence-corrected chi connectivity index (χ1v) is 5.81. The Morgan fingerprint density at radius 1 is 1.53 bits per heavy atom. The van der Waals surface area contributed by atoms with Crippen molar-refractivity contribution in [3.63, 3.8) is 0 Å². The summed E-state index contributed by atoms with van der Waals surface area (Å²) >= 11 is 6.02. The van der Waals surface area contributed by atoms with Gasteiger partial charge in [-0.2, -0.15) is 0 Å². The van der Waals surface area contributed by atoms with Crippen LogP contribution in [0.5, 0.6) is 0 Å². The molecule has 1 unspecified atom stereocenters. The fourth-order valence-corrected chi connectivity index (χ4v) is 2.49. The molecule has 1 aliphatic heterocycles. The van der Waals surface area contributed by atoms with Gasteiger partial charge in [0.15, 0.2) is 0 Å². The molecule has 1 aliphatic rings. The fraction of sp³-hybridized carbons (Fsp3) is 0.500. The number of anilines is 1. The van der Waals surface area contributed by atoms with Gasteiger partial charge in [0.1, 0.15) is 0 Å². The van der Waals surface area contributed by atoms with E-state index in [1.54, 1.807) is 0 Å². The van der Waals surface area contributed by atoms with E-state index in [1.807, 2.05) is 6.07 Å². The number of fused-ring (bicyclic) bond motifs is 1. The Kier molecular flexibility index (Phi) is 3.17. The van der Waals surface area contributed by atoms with Crippen molar-refractivity contribution in [3.05, 3.63) is 28.8 Å². The number of hydrogen-bond acceptors (Lipinski definition) is 2. The van der Waals surface area contributed by atoms with Crippen LogP contribution in [0.2, 0.25) is 5.02 Å². The normalized spacial score (nSPS) is 20.2. The predicted molar refractivity (Wildman–Crippen MR) is 65.6 cm³/mol. The van der Waals surface area contributed by atoms with Gasteiger partial charge in [-0.3, -0.25) is 0 Å². The monoisotopic (exact) mass is 224 g/mol. The fourth-order valence-electron chi connectivity index (χ4n) is 2.32. The quantitative estimate of drug-likeness (QED) is 0.836. The highest BCUT2D eigenvalue weighted by Gasteiger charge is 2.22. The van der Waals surface area contributed by atoms with Crippen molar-refractivity contribution in [1.82, 2.24) is 0 Å². The van der Waals surface area contributed by atoms with E-state index in [0.29, 0.717) is 6.04 Å². The molecule has 0 aliphatic carbocycles.